The van der Waals surface area contributed by atoms with Gasteiger partial charge in [-0.25, -0.2) is 4.39 Å². The molecule has 12 heteroatoms. The molecule has 0 atom stereocenters. The van der Waals surface area contributed by atoms with Crippen molar-refractivity contribution in [2.24, 2.45) is 5.92 Å². The van der Waals surface area contributed by atoms with Crippen molar-refractivity contribution in [2.75, 3.05) is 35.7 Å². The van der Waals surface area contributed by atoms with E-state index >= 15 is 4.39 Å². The highest BCUT2D eigenvalue weighted by atomic mass is 19.1. The van der Waals surface area contributed by atoms with E-state index in [-0.39, 0.29) is 23.3 Å². The maximum absolute atomic E-state index is 15.2. The van der Waals surface area contributed by atoms with Gasteiger partial charge in [-0.15, -0.1) is 0 Å². The van der Waals surface area contributed by atoms with Crippen LogP contribution in [0.3, 0.4) is 0 Å². The molecular weight excluding hydrogens is 551 g/mol. The fourth-order valence-corrected chi connectivity index (χ4v) is 6.10. The lowest BCUT2D eigenvalue weighted by molar-refractivity contribution is 0.0601. The van der Waals surface area contributed by atoms with E-state index in [9.17, 15) is 9.90 Å². The summed E-state index contributed by atoms with van der Waals surface area (Å²) in [6.07, 6.45) is 8.24. The highest BCUT2D eigenvalue weighted by Gasteiger charge is 2.33. The summed E-state index contributed by atoms with van der Waals surface area (Å²) in [7, 11) is 0. The molecule has 11 nitrogen and oxygen atoms in total. The van der Waals surface area contributed by atoms with Crippen molar-refractivity contribution in [2.45, 2.75) is 51.2 Å². The summed E-state index contributed by atoms with van der Waals surface area (Å²) in [4.78, 5) is 28.3. The Morgan fingerprint density at radius 2 is 1.95 bits per heavy atom. The summed E-state index contributed by atoms with van der Waals surface area (Å²) in [5, 5.41) is 18.1. The minimum atomic E-state index is -0.493. The number of aliphatic hydroxyl groups excluding tert-OH is 1. The molecule has 4 heterocycles. The van der Waals surface area contributed by atoms with Gasteiger partial charge in [-0.1, -0.05) is 18.2 Å². The number of ether oxygens (including phenoxy) is 1. The number of carbonyl (C=O) groups is 1. The average Bonchev–Trinajstić information content (AvgIpc) is 3.77. The van der Waals surface area contributed by atoms with Crippen LogP contribution in [-0.2, 0) is 24.3 Å². The molecule has 7 rings (SSSR count). The highest BCUT2D eigenvalue weighted by molar-refractivity contribution is 6.09. The zero-order valence-corrected chi connectivity index (χ0v) is 23.7. The van der Waals surface area contributed by atoms with Crippen LogP contribution in [0.2, 0.25) is 0 Å². The number of halogens is 1. The van der Waals surface area contributed by atoms with Crippen molar-refractivity contribution in [3.05, 3.63) is 70.8 Å². The van der Waals surface area contributed by atoms with Crippen molar-refractivity contribution in [3.8, 4) is 11.4 Å². The number of hydrogen-bond acceptors (Lipinski definition) is 9. The normalized spacial score (nSPS) is 17.3. The van der Waals surface area contributed by atoms with Gasteiger partial charge in [0.25, 0.3) is 5.91 Å². The molecule has 1 saturated heterocycles. The maximum atomic E-state index is 15.2. The van der Waals surface area contributed by atoms with Crippen molar-refractivity contribution >= 4 is 29.2 Å². The second-order valence-corrected chi connectivity index (χ2v) is 11.5. The van der Waals surface area contributed by atoms with Crippen LogP contribution in [0.25, 0.3) is 11.4 Å². The molecule has 2 aliphatic heterocycles. The zero-order chi connectivity index (χ0) is 29.5. The number of rotatable bonds is 8. The third-order valence-corrected chi connectivity index (χ3v) is 8.48. The summed E-state index contributed by atoms with van der Waals surface area (Å²) in [6, 6.07) is 8.73. The lowest BCUT2D eigenvalue weighted by atomic mass is 9.93. The van der Waals surface area contributed by atoms with Crippen LogP contribution in [0.1, 0.15) is 58.6 Å². The number of anilines is 4. The molecule has 43 heavy (non-hydrogen) atoms. The minimum Gasteiger partial charge on any atom is -0.392 e. The van der Waals surface area contributed by atoms with Crippen LogP contribution < -0.4 is 16.0 Å². The van der Waals surface area contributed by atoms with Gasteiger partial charge in [0.2, 0.25) is 11.9 Å². The van der Waals surface area contributed by atoms with E-state index < -0.39 is 18.3 Å². The Labute approximate surface area is 247 Å². The predicted octanol–water partition coefficient (Wildman–Crippen LogP) is 4.20. The molecule has 1 aliphatic carbocycles. The molecule has 2 aromatic carbocycles. The largest absolute Gasteiger partial charge is 0.392 e. The molecule has 1 amide bonds. The van der Waals surface area contributed by atoms with Gasteiger partial charge in [-0.3, -0.25) is 9.48 Å². The number of aromatic nitrogens is 5. The molecule has 2 aromatic heterocycles. The molecule has 0 unspecified atom stereocenters. The van der Waals surface area contributed by atoms with Gasteiger partial charge in [0.05, 0.1) is 29.7 Å². The number of carbonyl (C=O) groups excluding carboxylic acids is 1. The van der Waals surface area contributed by atoms with Crippen molar-refractivity contribution in [1.29, 1.82) is 0 Å². The highest BCUT2D eigenvalue weighted by Crippen LogP contribution is 2.42. The number of aliphatic hydroxyl groups is 1. The summed E-state index contributed by atoms with van der Waals surface area (Å²) >= 11 is 0. The van der Waals surface area contributed by atoms with Gasteiger partial charge >= 0.3 is 0 Å². The van der Waals surface area contributed by atoms with Crippen molar-refractivity contribution in [1.82, 2.24) is 24.7 Å². The summed E-state index contributed by atoms with van der Waals surface area (Å²) in [5.74, 6) is 0.441. The standard InChI is InChI=1S/C31H33FN8O3/c32-25-13-21(19-4-5-19)12-20-6-9-40(29(42)27(20)25)26-3-1-2-23(24(26)17-41)28-36-30(33)38-31(37-28)35-22-14-34-39(16-22)15-18-7-10-43-11-8-18/h1-3,12-14,16,18-19,41H,4-11,15,17H2,(H3,33,35,36,37,38). The summed E-state index contributed by atoms with van der Waals surface area (Å²) < 4.78 is 22.6. The minimum absolute atomic E-state index is 0.00657. The first-order valence-electron chi connectivity index (χ1n) is 14.7. The number of amides is 1. The lowest BCUT2D eigenvalue weighted by Gasteiger charge is -2.31. The Morgan fingerprint density at radius 3 is 2.74 bits per heavy atom. The number of nitrogens with two attached hydrogens (primary N) is 1. The number of benzene rings is 2. The Kier molecular flexibility index (Phi) is 7.23. The molecular formula is C31H33FN8O3. The lowest BCUT2D eigenvalue weighted by Crippen LogP contribution is -2.39. The number of nitrogens with zero attached hydrogens (tertiary/aromatic N) is 6. The predicted molar refractivity (Wildman–Crippen MR) is 158 cm³/mol. The molecule has 0 bridgehead atoms. The van der Waals surface area contributed by atoms with Gasteiger partial charge in [0.15, 0.2) is 5.82 Å². The van der Waals surface area contributed by atoms with Gasteiger partial charge in [-0.2, -0.15) is 20.1 Å². The third kappa shape index (κ3) is 5.55. The summed E-state index contributed by atoms with van der Waals surface area (Å²) in [6.45, 7) is 2.32. The van der Waals surface area contributed by atoms with E-state index in [1.165, 1.54) is 11.0 Å². The fourth-order valence-electron chi connectivity index (χ4n) is 6.10. The number of nitrogens with one attached hydrogen (secondary N) is 1. The first-order chi connectivity index (χ1) is 21.0. The monoisotopic (exact) mass is 584 g/mol. The molecule has 3 aliphatic rings. The molecule has 222 valence electrons. The smallest absolute Gasteiger partial charge is 0.261 e. The Hall–Kier alpha value is -4.42. The molecule has 0 spiro atoms. The zero-order valence-electron chi connectivity index (χ0n) is 23.7. The van der Waals surface area contributed by atoms with Crippen LogP contribution in [0.4, 0.5) is 27.7 Å². The van der Waals surface area contributed by atoms with Crippen molar-refractivity contribution in [3.63, 3.8) is 0 Å². The van der Waals surface area contributed by atoms with Gasteiger partial charge < -0.3 is 25.8 Å². The molecule has 2 fully saturated rings. The fraction of sp³-hybridized carbons (Fsp3) is 0.387. The van der Waals surface area contributed by atoms with Crippen molar-refractivity contribution < 1.29 is 19.0 Å². The second-order valence-electron chi connectivity index (χ2n) is 11.5. The Balaban J connectivity index is 1.15. The van der Waals surface area contributed by atoms with Gasteiger partial charge in [0, 0.05) is 43.6 Å². The second kappa shape index (κ2) is 11.3. The molecule has 4 N–H and O–H groups in total. The topological polar surface area (TPSA) is 144 Å². The molecule has 1 saturated carbocycles. The van der Waals surface area contributed by atoms with E-state index in [4.69, 9.17) is 10.5 Å². The summed E-state index contributed by atoms with van der Waals surface area (Å²) in [5.41, 5.74) is 9.99. The Bertz CT molecular complexity index is 1680. The van der Waals surface area contributed by atoms with E-state index in [2.05, 4.69) is 25.4 Å². The molecule has 4 aromatic rings. The van der Waals surface area contributed by atoms with E-state index in [0.717, 1.165) is 56.6 Å². The van der Waals surface area contributed by atoms with E-state index in [1.807, 2.05) is 16.9 Å². The van der Waals surface area contributed by atoms with Crippen LogP contribution >= 0.6 is 0 Å². The number of fused-ring (bicyclic) bond motifs is 1. The molecule has 0 radical (unpaired) electrons. The first-order valence-corrected chi connectivity index (χ1v) is 14.7. The third-order valence-electron chi connectivity index (χ3n) is 8.48. The first kappa shape index (κ1) is 27.4. The quantitative estimate of drug-likeness (QED) is 0.278. The van der Waals surface area contributed by atoms with Gasteiger partial charge in [0.1, 0.15) is 5.82 Å². The number of hydrogen-bond donors (Lipinski definition) is 3. The van der Waals surface area contributed by atoms with Crippen LogP contribution in [0, 0.1) is 11.7 Å². The maximum Gasteiger partial charge on any atom is 0.261 e. The van der Waals surface area contributed by atoms with Gasteiger partial charge in [-0.05, 0) is 67.2 Å². The average molecular weight is 585 g/mol. The Morgan fingerprint density at radius 1 is 1.12 bits per heavy atom. The van der Waals surface area contributed by atoms with E-state index in [0.29, 0.717) is 47.3 Å². The SMILES string of the molecule is Nc1nc(Nc2cnn(CC3CCOCC3)c2)nc(-c2cccc(N3CCc4cc(C5CC5)cc(F)c4C3=O)c2CO)n1. The van der Waals surface area contributed by atoms with Crippen LogP contribution in [-0.4, -0.2) is 55.5 Å². The van der Waals surface area contributed by atoms with Crippen LogP contribution in [0.5, 0.6) is 0 Å². The van der Waals surface area contributed by atoms with Crippen LogP contribution in [0.15, 0.2) is 42.7 Å². The van der Waals surface area contributed by atoms with E-state index in [1.54, 1.807) is 24.4 Å². The number of nitrogen functional groups attached to an aromatic ring is 1.